The first-order chi connectivity index (χ1) is 16.9. The minimum Gasteiger partial charge on any atom is -0.493 e. The number of aromatic nitrogens is 2. The van der Waals surface area contributed by atoms with Crippen molar-refractivity contribution in [3.05, 3.63) is 97.5 Å². The van der Waals surface area contributed by atoms with Crippen LogP contribution in [-0.4, -0.2) is 23.0 Å². The molecule has 0 N–H and O–H groups in total. The minimum atomic E-state index is -0.232. The van der Waals surface area contributed by atoms with E-state index in [0.717, 1.165) is 16.5 Å². The third-order valence-corrected chi connectivity index (χ3v) is 6.62. The smallest absolute Gasteiger partial charge is 0.282 e. The molecule has 0 amide bonds. The van der Waals surface area contributed by atoms with Crippen LogP contribution in [0.5, 0.6) is 11.5 Å². The molecular formula is C27H25BrClN3O3. The predicted molar refractivity (Wildman–Crippen MR) is 144 cm³/mol. The Morgan fingerprint density at radius 1 is 1.17 bits per heavy atom. The van der Waals surface area contributed by atoms with Gasteiger partial charge in [-0.05, 0) is 42.8 Å². The third kappa shape index (κ3) is 5.41. The average molecular weight is 555 g/mol. The molecule has 4 aromatic rings. The Labute approximate surface area is 217 Å². The van der Waals surface area contributed by atoms with Crippen LogP contribution in [0.3, 0.4) is 0 Å². The highest BCUT2D eigenvalue weighted by atomic mass is 79.9. The highest BCUT2D eigenvalue weighted by molar-refractivity contribution is 9.10. The van der Waals surface area contributed by atoms with Crippen molar-refractivity contribution in [2.24, 2.45) is 5.10 Å². The fourth-order valence-electron chi connectivity index (χ4n) is 3.61. The second-order valence-corrected chi connectivity index (χ2v) is 9.38. The summed E-state index contributed by atoms with van der Waals surface area (Å²) in [6, 6.07) is 18.5. The lowest BCUT2D eigenvalue weighted by molar-refractivity contribution is 0.284. The normalized spacial score (nSPS) is 12.3. The summed E-state index contributed by atoms with van der Waals surface area (Å²) in [5.41, 5.74) is 1.92. The van der Waals surface area contributed by atoms with E-state index < -0.39 is 0 Å². The molecule has 1 heterocycles. The van der Waals surface area contributed by atoms with Crippen LogP contribution in [0.2, 0.25) is 5.02 Å². The molecule has 6 nitrogen and oxygen atoms in total. The van der Waals surface area contributed by atoms with Gasteiger partial charge >= 0.3 is 0 Å². The minimum absolute atomic E-state index is 0.0362. The molecule has 8 heteroatoms. The molecule has 1 aromatic heterocycles. The van der Waals surface area contributed by atoms with E-state index in [2.05, 4.69) is 28.0 Å². The van der Waals surface area contributed by atoms with Crippen molar-refractivity contribution in [2.75, 3.05) is 7.11 Å². The summed E-state index contributed by atoms with van der Waals surface area (Å²) in [6.45, 7) is 4.34. The number of para-hydroxylation sites is 1. The van der Waals surface area contributed by atoms with E-state index in [-0.39, 0.29) is 18.1 Å². The van der Waals surface area contributed by atoms with E-state index in [1.807, 2.05) is 61.5 Å². The van der Waals surface area contributed by atoms with Crippen LogP contribution in [0.25, 0.3) is 10.9 Å². The molecule has 0 aliphatic rings. The number of hydrogen-bond donors (Lipinski definition) is 0. The van der Waals surface area contributed by atoms with Gasteiger partial charge in [-0.1, -0.05) is 65.6 Å². The summed E-state index contributed by atoms with van der Waals surface area (Å²) < 4.78 is 13.8. The van der Waals surface area contributed by atoms with Crippen LogP contribution >= 0.6 is 27.5 Å². The molecule has 0 saturated heterocycles. The van der Waals surface area contributed by atoms with Gasteiger partial charge in [0.1, 0.15) is 12.4 Å². The van der Waals surface area contributed by atoms with Crippen molar-refractivity contribution in [2.45, 2.75) is 32.8 Å². The number of hydrogen-bond acceptors (Lipinski definition) is 5. The van der Waals surface area contributed by atoms with Crippen LogP contribution in [0.15, 0.2) is 75.0 Å². The van der Waals surface area contributed by atoms with E-state index in [1.165, 1.54) is 4.68 Å². The van der Waals surface area contributed by atoms with Crippen LogP contribution in [-0.2, 0) is 6.61 Å². The second kappa shape index (κ2) is 11.1. The van der Waals surface area contributed by atoms with Crippen LogP contribution in [0.1, 0.15) is 43.1 Å². The van der Waals surface area contributed by atoms with Gasteiger partial charge in [0.2, 0.25) is 0 Å². The predicted octanol–water partition coefficient (Wildman–Crippen LogP) is 6.80. The summed E-state index contributed by atoms with van der Waals surface area (Å²) in [5, 5.41) is 5.68. The number of halogens is 2. The van der Waals surface area contributed by atoms with Gasteiger partial charge in [0, 0.05) is 26.5 Å². The molecule has 180 valence electrons. The Morgan fingerprint density at radius 3 is 2.71 bits per heavy atom. The monoisotopic (exact) mass is 553 g/mol. The zero-order chi connectivity index (χ0) is 24.9. The topological polar surface area (TPSA) is 65.7 Å². The standard InChI is InChI=1S/C27H25BrClN3O3/c1-4-17(2)26-31-23-13-12-20(28)14-21(23)27(33)32(26)30-15-18-9-7-11-24(34-3)25(18)35-16-19-8-5-6-10-22(19)29/h5-15,17H,4,16H2,1-3H3/t17-/m1/s1. The van der Waals surface area contributed by atoms with E-state index in [0.29, 0.717) is 38.8 Å². The Balaban J connectivity index is 1.78. The fourth-order valence-corrected chi connectivity index (χ4v) is 4.17. The molecule has 0 aliphatic heterocycles. The lowest BCUT2D eigenvalue weighted by atomic mass is 10.1. The van der Waals surface area contributed by atoms with Gasteiger partial charge < -0.3 is 9.47 Å². The number of ether oxygens (including phenoxy) is 2. The number of fused-ring (bicyclic) bond motifs is 1. The van der Waals surface area contributed by atoms with Crippen molar-refractivity contribution >= 4 is 44.6 Å². The molecule has 0 bridgehead atoms. The van der Waals surface area contributed by atoms with Crippen molar-refractivity contribution < 1.29 is 9.47 Å². The first-order valence-corrected chi connectivity index (χ1v) is 12.4. The SMILES string of the molecule is CC[C@@H](C)c1nc2ccc(Br)cc2c(=O)n1N=Cc1cccc(OC)c1OCc1ccccc1Cl. The maximum absolute atomic E-state index is 13.4. The largest absolute Gasteiger partial charge is 0.493 e. The molecule has 0 spiro atoms. The van der Waals surface area contributed by atoms with Gasteiger partial charge in [0.05, 0.1) is 24.2 Å². The summed E-state index contributed by atoms with van der Waals surface area (Å²) >= 11 is 9.74. The third-order valence-electron chi connectivity index (χ3n) is 5.76. The molecule has 0 radical (unpaired) electrons. The maximum Gasteiger partial charge on any atom is 0.282 e. The van der Waals surface area contributed by atoms with E-state index >= 15 is 0 Å². The molecule has 1 atom stereocenters. The lowest BCUT2D eigenvalue weighted by Crippen LogP contribution is -2.23. The molecule has 0 aliphatic carbocycles. The highest BCUT2D eigenvalue weighted by Crippen LogP contribution is 2.31. The van der Waals surface area contributed by atoms with Crippen molar-refractivity contribution in [1.29, 1.82) is 0 Å². The van der Waals surface area contributed by atoms with Gasteiger partial charge in [-0.3, -0.25) is 4.79 Å². The van der Waals surface area contributed by atoms with Crippen LogP contribution < -0.4 is 15.0 Å². The highest BCUT2D eigenvalue weighted by Gasteiger charge is 2.16. The zero-order valence-electron chi connectivity index (χ0n) is 19.7. The summed E-state index contributed by atoms with van der Waals surface area (Å²) in [6.07, 6.45) is 2.42. The van der Waals surface area contributed by atoms with E-state index in [1.54, 1.807) is 19.4 Å². The number of rotatable bonds is 8. The molecule has 0 unspecified atom stereocenters. The van der Waals surface area contributed by atoms with Crippen molar-refractivity contribution in [3.63, 3.8) is 0 Å². The number of benzene rings is 3. The van der Waals surface area contributed by atoms with Gasteiger partial charge in [-0.2, -0.15) is 9.78 Å². The summed E-state index contributed by atoms with van der Waals surface area (Å²) in [7, 11) is 1.58. The number of nitrogens with zero attached hydrogens (tertiary/aromatic N) is 3. The molecular weight excluding hydrogens is 530 g/mol. The quantitative estimate of drug-likeness (QED) is 0.225. The summed E-state index contributed by atoms with van der Waals surface area (Å²) in [5.74, 6) is 1.70. The molecule has 4 rings (SSSR count). The average Bonchev–Trinajstić information content (AvgIpc) is 2.87. The first kappa shape index (κ1) is 24.9. The van der Waals surface area contributed by atoms with Crippen molar-refractivity contribution in [3.8, 4) is 11.5 Å². The van der Waals surface area contributed by atoms with Gasteiger partial charge in [0.25, 0.3) is 5.56 Å². The van der Waals surface area contributed by atoms with Crippen LogP contribution in [0.4, 0.5) is 0 Å². The van der Waals surface area contributed by atoms with Crippen LogP contribution in [0, 0.1) is 0 Å². The zero-order valence-corrected chi connectivity index (χ0v) is 22.0. The molecule has 3 aromatic carbocycles. The number of methoxy groups -OCH3 is 1. The molecule has 0 saturated carbocycles. The maximum atomic E-state index is 13.4. The fraction of sp³-hybridized carbons (Fsp3) is 0.222. The molecule has 0 fully saturated rings. The first-order valence-electron chi connectivity index (χ1n) is 11.2. The van der Waals surface area contributed by atoms with Gasteiger partial charge in [-0.15, -0.1) is 0 Å². The van der Waals surface area contributed by atoms with E-state index in [9.17, 15) is 4.79 Å². The Kier molecular flexibility index (Phi) is 7.88. The van der Waals surface area contributed by atoms with Gasteiger partial charge in [0.15, 0.2) is 11.5 Å². The Morgan fingerprint density at radius 2 is 1.97 bits per heavy atom. The van der Waals surface area contributed by atoms with Crippen molar-refractivity contribution in [1.82, 2.24) is 9.66 Å². The summed E-state index contributed by atoms with van der Waals surface area (Å²) in [4.78, 5) is 18.2. The Bertz CT molecular complexity index is 1450. The Hall–Kier alpha value is -3.16. The lowest BCUT2D eigenvalue weighted by Gasteiger charge is -2.15. The molecule has 35 heavy (non-hydrogen) atoms. The van der Waals surface area contributed by atoms with E-state index in [4.69, 9.17) is 26.1 Å². The second-order valence-electron chi connectivity index (χ2n) is 8.06. The van der Waals surface area contributed by atoms with Gasteiger partial charge in [-0.25, -0.2) is 4.98 Å².